The van der Waals surface area contributed by atoms with E-state index in [2.05, 4.69) is 27.4 Å². The first-order valence-electron chi connectivity index (χ1n) is 2.62. The predicted molar refractivity (Wildman–Crippen MR) is 38.7 cm³/mol. The van der Waals surface area contributed by atoms with E-state index in [1.807, 2.05) is 6.42 Å². The normalized spacial score (nSPS) is 11.5. The Hall–Kier alpha value is 0.0300. The molecule has 0 saturated carbocycles. The van der Waals surface area contributed by atoms with Crippen LogP contribution in [0.2, 0.25) is 0 Å². The summed E-state index contributed by atoms with van der Waals surface area (Å²) in [5.41, 5.74) is 0.166. The highest BCUT2D eigenvalue weighted by Crippen LogP contribution is 2.23. The zero-order chi connectivity index (χ0) is 6.78. The summed E-state index contributed by atoms with van der Waals surface area (Å²) in [5.74, 6) is 0. The first kappa shape index (κ1) is 8.03. The summed E-state index contributed by atoms with van der Waals surface area (Å²) in [6.45, 7) is 9.80. The quantitative estimate of drug-likeness (QED) is 0.513. The van der Waals surface area contributed by atoms with Gasteiger partial charge < -0.3 is 0 Å². The smallest absolute Gasteiger partial charge is 0.0152 e. The molecule has 0 aromatic rings. The Morgan fingerprint density at radius 3 is 1.88 bits per heavy atom. The predicted octanol–water partition coefficient (Wildman–Crippen LogP) is 2.99. The minimum Gasteiger partial charge on any atom is -0.0894 e. The van der Waals surface area contributed by atoms with Crippen molar-refractivity contribution in [3.63, 3.8) is 0 Å². The SMILES string of the molecule is C=C(Cl)[CH]C(C)(C)C. The third kappa shape index (κ3) is 6.03. The van der Waals surface area contributed by atoms with Gasteiger partial charge in [0.05, 0.1) is 0 Å². The van der Waals surface area contributed by atoms with Gasteiger partial charge in [-0.15, -0.1) is 0 Å². The van der Waals surface area contributed by atoms with Crippen LogP contribution in [0, 0.1) is 11.8 Å². The van der Waals surface area contributed by atoms with E-state index in [9.17, 15) is 0 Å². The number of hydrogen-bond acceptors (Lipinski definition) is 0. The minimum absolute atomic E-state index is 0.166. The largest absolute Gasteiger partial charge is 0.0894 e. The fraction of sp³-hybridized carbons (Fsp3) is 0.571. The van der Waals surface area contributed by atoms with Gasteiger partial charge in [0.15, 0.2) is 0 Å². The van der Waals surface area contributed by atoms with Gasteiger partial charge in [-0.3, -0.25) is 0 Å². The second-order valence-corrected chi connectivity index (χ2v) is 3.44. The minimum atomic E-state index is 0.166. The first-order chi connectivity index (χ1) is 3.42. The number of hydrogen-bond donors (Lipinski definition) is 0. The molecule has 8 heavy (non-hydrogen) atoms. The van der Waals surface area contributed by atoms with Crippen molar-refractivity contribution in [1.82, 2.24) is 0 Å². The number of halogens is 1. The molecule has 0 saturated heterocycles. The Kier molecular flexibility index (Phi) is 2.55. The van der Waals surface area contributed by atoms with E-state index in [-0.39, 0.29) is 5.41 Å². The summed E-state index contributed by atoms with van der Waals surface area (Å²) in [7, 11) is 0. The van der Waals surface area contributed by atoms with Gasteiger partial charge in [0, 0.05) is 11.5 Å². The molecule has 0 spiro atoms. The number of rotatable bonds is 1. The zero-order valence-corrected chi connectivity index (χ0v) is 6.42. The van der Waals surface area contributed by atoms with Crippen molar-refractivity contribution >= 4 is 11.6 Å². The second-order valence-electron chi connectivity index (χ2n) is 2.96. The molecule has 0 atom stereocenters. The van der Waals surface area contributed by atoms with Crippen molar-refractivity contribution in [2.24, 2.45) is 5.41 Å². The first-order valence-corrected chi connectivity index (χ1v) is 3.00. The van der Waals surface area contributed by atoms with Crippen LogP contribution in [0.25, 0.3) is 0 Å². The molecule has 0 fully saturated rings. The van der Waals surface area contributed by atoms with Gasteiger partial charge in [0.2, 0.25) is 0 Å². The van der Waals surface area contributed by atoms with Crippen LogP contribution in [0.5, 0.6) is 0 Å². The summed E-state index contributed by atoms with van der Waals surface area (Å²) < 4.78 is 0. The Morgan fingerprint density at radius 2 is 1.88 bits per heavy atom. The molecule has 0 aliphatic carbocycles. The van der Waals surface area contributed by atoms with Gasteiger partial charge >= 0.3 is 0 Å². The molecule has 1 radical (unpaired) electrons. The van der Waals surface area contributed by atoms with Crippen LogP contribution in [0.4, 0.5) is 0 Å². The molecule has 0 nitrogen and oxygen atoms in total. The van der Waals surface area contributed by atoms with Crippen molar-refractivity contribution in [2.75, 3.05) is 0 Å². The van der Waals surface area contributed by atoms with E-state index < -0.39 is 0 Å². The molecule has 0 aromatic carbocycles. The average molecular weight is 132 g/mol. The van der Waals surface area contributed by atoms with Crippen LogP contribution in [0.15, 0.2) is 11.6 Å². The Morgan fingerprint density at radius 1 is 1.50 bits per heavy atom. The molecule has 0 aliphatic rings. The third-order valence-corrected chi connectivity index (χ3v) is 0.699. The lowest BCUT2D eigenvalue weighted by molar-refractivity contribution is 0.508. The molecule has 0 unspecified atom stereocenters. The summed E-state index contributed by atoms with van der Waals surface area (Å²) in [5, 5.41) is 0.623. The molecule has 0 amide bonds. The highest BCUT2D eigenvalue weighted by atomic mass is 35.5. The van der Waals surface area contributed by atoms with Gasteiger partial charge in [-0.05, 0) is 5.41 Å². The van der Waals surface area contributed by atoms with E-state index in [0.29, 0.717) is 5.03 Å². The van der Waals surface area contributed by atoms with Gasteiger partial charge in [-0.1, -0.05) is 39.0 Å². The average Bonchev–Trinajstić information content (AvgIpc) is 1.21. The van der Waals surface area contributed by atoms with Crippen molar-refractivity contribution in [3.05, 3.63) is 18.0 Å². The lowest BCUT2D eigenvalue weighted by Crippen LogP contribution is -2.04. The van der Waals surface area contributed by atoms with Crippen LogP contribution < -0.4 is 0 Å². The molecular weight excluding hydrogens is 120 g/mol. The van der Waals surface area contributed by atoms with Crippen molar-refractivity contribution < 1.29 is 0 Å². The fourth-order valence-electron chi connectivity index (χ4n) is 0.470. The van der Waals surface area contributed by atoms with Gasteiger partial charge in [0.25, 0.3) is 0 Å². The lowest BCUT2D eigenvalue weighted by atomic mass is 9.92. The summed E-state index contributed by atoms with van der Waals surface area (Å²) in [6, 6.07) is 0. The van der Waals surface area contributed by atoms with Crippen molar-refractivity contribution in [1.29, 1.82) is 0 Å². The van der Waals surface area contributed by atoms with Gasteiger partial charge in [-0.2, -0.15) is 0 Å². The summed E-state index contributed by atoms with van der Waals surface area (Å²) >= 11 is 5.51. The van der Waals surface area contributed by atoms with Crippen molar-refractivity contribution in [2.45, 2.75) is 20.8 Å². The highest BCUT2D eigenvalue weighted by Gasteiger charge is 2.10. The molecule has 0 N–H and O–H groups in total. The standard InChI is InChI=1S/C7H12Cl/c1-6(8)5-7(2,3)4/h5H,1H2,2-4H3. The van der Waals surface area contributed by atoms with Crippen molar-refractivity contribution in [3.8, 4) is 0 Å². The maximum atomic E-state index is 5.51. The zero-order valence-electron chi connectivity index (χ0n) is 5.66. The fourth-order valence-corrected chi connectivity index (χ4v) is 0.797. The molecule has 0 rings (SSSR count). The Bertz CT molecular complexity index is 87.1. The van der Waals surface area contributed by atoms with Gasteiger partial charge in [0.1, 0.15) is 0 Å². The maximum Gasteiger partial charge on any atom is 0.0152 e. The van der Waals surface area contributed by atoms with Crippen LogP contribution >= 0.6 is 11.6 Å². The van der Waals surface area contributed by atoms with Crippen LogP contribution in [-0.2, 0) is 0 Å². The summed E-state index contributed by atoms with van der Waals surface area (Å²) in [6.07, 6.45) is 1.93. The molecule has 47 valence electrons. The highest BCUT2D eigenvalue weighted by molar-refractivity contribution is 6.30. The second kappa shape index (κ2) is 2.54. The lowest BCUT2D eigenvalue weighted by Gasteiger charge is -2.15. The maximum absolute atomic E-state index is 5.51. The molecule has 0 aliphatic heterocycles. The Labute approximate surface area is 56.5 Å². The van der Waals surface area contributed by atoms with E-state index in [4.69, 9.17) is 11.6 Å². The molecule has 1 heteroatoms. The van der Waals surface area contributed by atoms with E-state index in [1.54, 1.807) is 0 Å². The van der Waals surface area contributed by atoms with E-state index in [1.165, 1.54) is 0 Å². The van der Waals surface area contributed by atoms with E-state index in [0.717, 1.165) is 0 Å². The topological polar surface area (TPSA) is 0 Å². The molecule has 0 heterocycles. The monoisotopic (exact) mass is 131 g/mol. The molecule has 0 bridgehead atoms. The summed E-state index contributed by atoms with van der Waals surface area (Å²) in [4.78, 5) is 0. The molecular formula is C7H12Cl. The third-order valence-electron chi connectivity index (χ3n) is 0.590. The van der Waals surface area contributed by atoms with Gasteiger partial charge in [-0.25, -0.2) is 0 Å². The Balaban J connectivity index is 3.55. The van der Waals surface area contributed by atoms with Crippen LogP contribution in [-0.4, -0.2) is 0 Å². The van der Waals surface area contributed by atoms with Crippen LogP contribution in [0.3, 0.4) is 0 Å². The van der Waals surface area contributed by atoms with Crippen LogP contribution in [0.1, 0.15) is 20.8 Å². The molecule has 0 aromatic heterocycles. The number of allylic oxidation sites excluding steroid dienone is 1. The van der Waals surface area contributed by atoms with E-state index >= 15 is 0 Å².